The van der Waals surface area contributed by atoms with E-state index in [0.29, 0.717) is 25.9 Å². The maximum atomic E-state index is 13.1. The molecular weight excluding hydrogens is 412 g/mol. The van der Waals surface area contributed by atoms with Crippen molar-refractivity contribution in [3.8, 4) is 0 Å². The molecule has 1 atom stereocenters. The summed E-state index contributed by atoms with van der Waals surface area (Å²) in [7, 11) is -1.63. The summed E-state index contributed by atoms with van der Waals surface area (Å²) in [6.07, 6.45) is 4.54. The van der Waals surface area contributed by atoms with Crippen molar-refractivity contribution in [1.82, 2.24) is 19.2 Å². The summed E-state index contributed by atoms with van der Waals surface area (Å²) in [4.78, 5) is 17.8. The van der Waals surface area contributed by atoms with Gasteiger partial charge in [0.1, 0.15) is 11.9 Å². The van der Waals surface area contributed by atoms with Gasteiger partial charge in [-0.25, -0.2) is 13.4 Å². The van der Waals surface area contributed by atoms with Gasteiger partial charge < -0.3 is 9.88 Å². The van der Waals surface area contributed by atoms with E-state index in [4.69, 9.17) is 0 Å². The average Bonchev–Trinajstić information content (AvgIpc) is 3.24. The molecule has 2 heterocycles. The van der Waals surface area contributed by atoms with Gasteiger partial charge in [-0.05, 0) is 30.5 Å². The minimum absolute atomic E-state index is 0.0754. The standard InChI is InChI=1S/C23H26N4O3S/c1-26-17-14-24-22(26)21(18-8-4-2-5-9-18)25-23(28)19-12-15-27(16-13-19)31(29,30)20-10-6-3-7-11-20/h2-11,14,17,19,21H,12-13,15-16H2,1H3,(H,25,28)/t21-/m1/s1. The number of aryl methyl sites for hydroxylation is 1. The van der Waals surface area contributed by atoms with Crippen molar-refractivity contribution < 1.29 is 13.2 Å². The SMILES string of the molecule is Cn1ccnc1[C@H](NC(=O)C1CCN(S(=O)(=O)c2ccccc2)CC1)c1ccccc1. The number of rotatable bonds is 6. The van der Waals surface area contributed by atoms with Crippen LogP contribution < -0.4 is 5.32 Å². The fourth-order valence-corrected chi connectivity index (χ4v) is 5.45. The van der Waals surface area contributed by atoms with Gasteiger partial charge in [0.2, 0.25) is 15.9 Å². The van der Waals surface area contributed by atoms with E-state index in [-0.39, 0.29) is 22.8 Å². The molecule has 1 fully saturated rings. The third-order valence-electron chi connectivity index (χ3n) is 5.74. The number of imidazole rings is 1. The Kier molecular flexibility index (Phi) is 6.20. The number of carbonyl (C=O) groups is 1. The number of amides is 1. The van der Waals surface area contributed by atoms with Gasteiger partial charge in [0, 0.05) is 38.4 Å². The Balaban J connectivity index is 1.45. The van der Waals surface area contributed by atoms with E-state index in [1.807, 2.05) is 48.1 Å². The van der Waals surface area contributed by atoms with Crippen molar-refractivity contribution in [2.24, 2.45) is 13.0 Å². The van der Waals surface area contributed by atoms with Gasteiger partial charge in [-0.15, -0.1) is 0 Å². The molecule has 0 radical (unpaired) electrons. The maximum absolute atomic E-state index is 13.1. The van der Waals surface area contributed by atoms with Crippen LogP contribution in [0, 0.1) is 5.92 Å². The van der Waals surface area contributed by atoms with Crippen LogP contribution in [0.3, 0.4) is 0 Å². The normalized spacial score (nSPS) is 16.7. The molecule has 0 spiro atoms. The molecule has 1 N–H and O–H groups in total. The van der Waals surface area contributed by atoms with E-state index in [1.54, 1.807) is 36.5 Å². The molecule has 162 valence electrons. The van der Waals surface area contributed by atoms with Crippen LogP contribution in [0.15, 0.2) is 78.0 Å². The highest BCUT2D eigenvalue weighted by Crippen LogP contribution is 2.26. The highest BCUT2D eigenvalue weighted by Gasteiger charge is 2.33. The van der Waals surface area contributed by atoms with Gasteiger partial charge in [0.25, 0.3) is 0 Å². The zero-order valence-electron chi connectivity index (χ0n) is 17.4. The smallest absolute Gasteiger partial charge is 0.243 e. The van der Waals surface area contributed by atoms with Crippen molar-refractivity contribution in [2.45, 2.75) is 23.8 Å². The van der Waals surface area contributed by atoms with Crippen LogP contribution in [0.25, 0.3) is 0 Å². The summed E-state index contributed by atoms with van der Waals surface area (Å²) < 4.78 is 29.0. The molecule has 1 aliphatic rings. The number of benzene rings is 2. The molecule has 3 aromatic rings. The van der Waals surface area contributed by atoms with Crippen molar-refractivity contribution in [3.05, 3.63) is 84.4 Å². The van der Waals surface area contributed by atoms with E-state index in [1.165, 1.54) is 4.31 Å². The minimum Gasteiger partial charge on any atom is -0.342 e. The third kappa shape index (κ3) is 4.55. The predicted octanol–water partition coefficient (Wildman–Crippen LogP) is 2.73. The van der Waals surface area contributed by atoms with E-state index in [0.717, 1.165) is 11.4 Å². The molecule has 7 nitrogen and oxygen atoms in total. The van der Waals surface area contributed by atoms with Gasteiger partial charge in [0.05, 0.1) is 4.90 Å². The first-order chi connectivity index (χ1) is 15.0. The zero-order valence-corrected chi connectivity index (χ0v) is 18.2. The topological polar surface area (TPSA) is 84.3 Å². The number of nitrogens with zero attached hydrogens (tertiary/aromatic N) is 3. The lowest BCUT2D eigenvalue weighted by atomic mass is 9.96. The Bertz CT molecular complexity index is 1120. The van der Waals surface area contributed by atoms with E-state index < -0.39 is 10.0 Å². The van der Waals surface area contributed by atoms with Crippen LogP contribution in [-0.4, -0.2) is 41.3 Å². The molecule has 1 aromatic heterocycles. The number of carbonyl (C=O) groups excluding carboxylic acids is 1. The number of aromatic nitrogens is 2. The number of sulfonamides is 1. The molecule has 31 heavy (non-hydrogen) atoms. The van der Waals surface area contributed by atoms with Gasteiger partial charge in [-0.1, -0.05) is 48.5 Å². The van der Waals surface area contributed by atoms with Crippen LogP contribution in [0.5, 0.6) is 0 Å². The number of hydrogen-bond donors (Lipinski definition) is 1. The molecule has 2 aromatic carbocycles. The second kappa shape index (κ2) is 9.03. The van der Waals surface area contributed by atoms with Crippen molar-refractivity contribution >= 4 is 15.9 Å². The van der Waals surface area contributed by atoms with Crippen LogP contribution in [0.2, 0.25) is 0 Å². The number of piperidine rings is 1. The molecule has 1 amide bonds. The summed E-state index contributed by atoms with van der Waals surface area (Å²) in [5.74, 6) is 0.436. The van der Waals surface area contributed by atoms with E-state index in [9.17, 15) is 13.2 Å². The number of nitrogens with one attached hydrogen (secondary N) is 1. The van der Waals surface area contributed by atoms with Crippen molar-refractivity contribution in [3.63, 3.8) is 0 Å². The Morgan fingerprint density at radius 3 is 2.23 bits per heavy atom. The molecular formula is C23H26N4O3S. The molecule has 0 unspecified atom stereocenters. The van der Waals surface area contributed by atoms with Crippen LogP contribution in [0.4, 0.5) is 0 Å². The Labute approximate surface area is 182 Å². The van der Waals surface area contributed by atoms with Crippen LogP contribution >= 0.6 is 0 Å². The monoisotopic (exact) mass is 438 g/mol. The predicted molar refractivity (Wildman–Crippen MR) is 118 cm³/mol. The largest absolute Gasteiger partial charge is 0.342 e. The van der Waals surface area contributed by atoms with Gasteiger partial charge in [-0.3, -0.25) is 4.79 Å². The van der Waals surface area contributed by atoms with Gasteiger partial charge in [-0.2, -0.15) is 4.31 Å². The van der Waals surface area contributed by atoms with Gasteiger partial charge >= 0.3 is 0 Å². The molecule has 8 heteroatoms. The summed E-state index contributed by atoms with van der Waals surface area (Å²) in [6, 6.07) is 17.8. The Hall–Kier alpha value is -2.97. The van der Waals surface area contributed by atoms with Crippen LogP contribution in [0.1, 0.15) is 30.3 Å². The first-order valence-corrected chi connectivity index (χ1v) is 11.8. The minimum atomic E-state index is -3.53. The first kappa shape index (κ1) is 21.3. The summed E-state index contributed by atoms with van der Waals surface area (Å²) >= 11 is 0. The highest BCUT2D eigenvalue weighted by molar-refractivity contribution is 7.89. The average molecular weight is 439 g/mol. The molecule has 4 rings (SSSR count). The molecule has 0 saturated carbocycles. The molecule has 1 aliphatic heterocycles. The van der Waals surface area contributed by atoms with E-state index in [2.05, 4.69) is 10.3 Å². The molecule has 0 bridgehead atoms. The maximum Gasteiger partial charge on any atom is 0.243 e. The fraction of sp³-hybridized carbons (Fsp3) is 0.304. The molecule has 0 aliphatic carbocycles. The third-order valence-corrected chi connectivity index (χ3v) is 7.65. The Morgan fingerprint density at radius 2 is 1.65 bits per heavy atom. The summed E-state index contributed by atoms with van der Waals surface area (Å²) in [5.41, 5.74) is 0.953. The van der Waals surface area contributed by atoms with Crippen molar-refractivity contribution in [2.75, 3.05) is 13.1 Å². The quantitative estimate of drug-likeness (QED) is 0.641. The second-order valence-corrected chi connectivity index (χ2v) is 9.68. The Morgan fingerprint density at radius 1 is 1.03 bits per heavy atom. The lowest BCUT2D eigenvalue weighted by molar-refractivity contribution is -0.126. The van der Waals surface area contributed by atoms with Gasteiger partial charge in [0.15, 0.2) is 0 Å². The summed E-state index contributed by atoms with van der Waals surface area (Å²) in [6.45, 7) is 0.654. The number of hydrogen-bond acceptors (Lipinski definition) is 4. The van der Waals surface area contributed by atoms with E-state index >= 15 is 0 Å². The fourth-order valence-electron chi connectivity index (χ4n) is 3.96. The zero-order chi connectivity index (χ0) is 21.8. The lowest BCUT2D eigenvalue weighted by Crippen LogP contribution is -2.44. The van der Waals surface area contributed by atoms with Crippen LogP contribution in [-0.2, 0) is 21.9 Å². The lowest BCUT2D eigenvalue weighted by Gasteiger charge is -2.31. The second-order valence-electron chi connectivity index (χ2n) is 7.74. The molecule has 1 saturated heterocycles. The first-order valence-electron chi connectivity index (χ1n) is 10.3. The summed E-state index contributed by atoms with van der Waals surface area (Å²) in [5, 5.41) is 3.14. The van der Waals surface area contributed by atoms with Crippen molar-refractivity contribution in [1.29, 1.82) is 0 Å². The highest BCUT2D eigenvalue weighted by atomic mass is 32.2.